The smallest absolute Gasteiger partial charge is 0.246 e. The predicted molar refractivity (Wildman–Crippen MR) is 135 cm³/mol. The second kappa shape index (κ2) is 9.47. The summed E-state index contributed by atoms with van der Waals surface area (Å²) in [6.07, 6.45) is 9.51. The van der Waals surface area contributed by atoms with Crippen LogP contribution in [0.1, 0.15) is 29.7 Å². The zero-order valence-corrected chi connectivity index (χ0v) is 20.5. The molecule has 2 aromatic heterocycles. The van der Waals surface area contributed by atoms with Crippen molar-refractivity contribution in [3.63, 3.8) is 0 Å². The fourth-order valence-electron chi connectivity index (χ4n) is 4.86. The van der Waals surface area contributed by atoms with Gasteiger partial charge in [0.1, 0.15) is 5.69 Å². The molecule has 1 saturated carbocycles. The first-order chi connectivity index (χ1) is 17.0. The van der Waals surface area contributed by atoms with E-state index in [9.17, 15) is 10.1 Å². The zero-order valence-electron chi connectivity index (χ0n) is 20.5. The largest absolute Gasteiger partial charge is 0.328 e. The third kappa shape index (κ3) is 4.62. The van der Waals surface area contributed by atoms with Crippen LogP contribution in [0, 0.1) is 24.2 Å². The molecule has 0 bridgehead atoms. The number of rotatable bonds is 6. The van der Waals surface area contributed by atoms with Gasteiger partial charge in [0.05, 0.1) is 36.5 Å². The lowest BCUT2D eigenvalue weighted by Gasteiger charge is -2.36. The number of amides is 1. The number of pyridine rings is 1. The van der Waals surface area contributed by atoms with Crippen molar-refractivity contribution in [1.29, 1.82) is 5.26 Å². The van der Waals surface area contributed by atoms with Gasteiger partial charge in [0.2, 0.25) is 5.91 Å². The van der Waals surface area contributed by atoms with Crippen molar-refractivity contribution in [2.24, 2.45) is 5.92 Å². The minimum atomic E-state index is 0.0560. The summed E-state index contributed by atoms with van der Waals surface area (Å²) in [4.78, 5) is 21.6. The lowest BCUT2D eigenvalue weighted by molar-refractivity contribution is -0.130. The molecule has 0 spiro atoms. The Morgan fingerprint density at radius 3 is 2.66 bits per heavy atom. The molecule has 3 heterocycles. The Morgan fingerprint density at radius 1 is 1.20 bits per heavy atom. The molecule has 1 aromatic carbocycles. The molecule has 1 fully saturated rings. The molecule has 1 amide bonds. The monoisotopic (exact) mass is 466 g/mol. The maximum absolute atomic E-state index is 13.3. The average molecular weight is 467 g/mol. The van der Waals surface area contributed by atoms with Crippen LogP contribution in [0.25, 0.3) is 22.4 Å². The van der Waals surface area contributed by atoms with Gasteiger partial charge in [0, 0.05) is 36.1 Å². The van der Waals surface area contributed by atoms with Crippen LogP contribution in [-0.4, -0.2) is 57.2 Å². The van der Waals surface area contributed by atoms with Crippen LogP contribution in [-0.2, 0) is 17.9 Å². The predicted octanol–water partition coefficient (Wildman–Crippen LogP) is 4.03. The van der Waals surface area contributed by atoms with Crippen LogP contribution in [0.5, 0.6) is 0 Å². The average Bonchev–Trinajstić information content (AvgIpc) is 3.64. The molecule has 0 saturated heterocycles. The van der Waals surface area contributed by atoms with Crippen molar-refractivity contribution >= 4 is 5.91 Å². The van der Waals surface area contributed by atoms with Crippen LogP contribution < -0.4 is 0 Å². The van der Waals surface area contributed by atoms with E-state index < -0.39 is 0 Å². The normalized spacial score (nSPS) is 17.6. The van der Waals surface area contributed by atoms with Gasteiger partial charge in [-0.3, -0.25) is 14.5 Å². The Labute approximate surface area is 206 Å². The first-order valence-electron chi connectivity index (χ1n) is 12.1. The molecule has 7 nitrogen and oxygen atoms in total. The number of hydrogen-bond acceptors (Lipinski definition) is 5. The summed E-state index contributed by atoms with van der Waals surface area (Å²) in [5, 5.41) is 14.7. The van der Waals surface area contributed by atoms with Gasteiger partial charge in [0.25, 0.3) is 0 Å². The second-order valence-corrected chi connectivity index (χ2v) is 9.77. The molecular formula is C28H30N6O. The summed E-state index contributed by atoms with van der Waals surface area (Å²) in [5.74, 6) is 0.580. The number of carbonyl (C=O) groups is 1. The summed E-state index contributed by atoms with van der Waals surface area (Å²) in [7, 11) is 3.99. The summed E-state index contributed by atoms with van der Waals surface area (Å²) >= 11 is 0. The van der Waals surface area contributed by atoms with Crippen LogP contribution in [0.3, 0.4) is 0 Å². The highest BCUT2D eigenvalue weighted by Crippen LogP contribution is 2.42. The number of carbonyl (C=O) groups excluding carboxylic acids is 1. The van der Waals surface area contributed by atoms with Crippen LogP contribution in [0.2, 0.25) is 0 Å². The SMILES string of the molecule is Cc1ccc(-c2nn3c(c2-c2ccncc2)CN(C(=O)/C=C/CN(C)C)[C@@H](C2CC2)C3)cc1C#N. The molecule has 7 heteroatoms. The summed E-state index contributed by atoms with van der Waals surface area (Å²) in [6.45, 7) is 3.86. The highest BCUT2D eigenvalue weighted by molar-refractivity contribution is 5.89. The van der Waals surface area contributed by atoms with E-state index in [4.69, 9.17) is 5.10 Å². The molecule has 1 aliphatic carbocycles. The van der Waals surface area contributed by atoms with Crippen molar-refractivity contribution in [2.45, 2.75) is 38.9 Å². The first kappa shape index (κ1) is 23.0. The molecule has 0 N–H and O–H groups in total. The Hall–Kier alpha value is -3.76. The van der Waals surface area contributed by atoms with Gasteiger partial charge in [-0.2, -0.15) is 10.4 Å². The van der Waals surface area contributed by atoms with Gasteiger partial charge in [0.15, 0.2) is 0 Å². The Kier molecular flexibility index (Phi) is 6.23. The molecule has 0 radical (unpaired) electrons. The number of fused-ring (bicyclic) bond motifs is 1. The fraction of sp³-hybridized carbons (Fsp3) is 0.357. The van der Waals surface area contributed by atoms with Crippen LogP contribution in [0.15, 0.2) is 54.9 Å². The maximum atomic E-state index is 13.3. The van der Waals surface area contributed by atoms with E-state index in [1.807, 2.05) is 67.2 Å². The molecule has 0 unspecified atom stereocenters. The molecule has 5 rings (SSSR count). The zero-order chi connectivity index (χ0) is 24.5. The van der Waals surface area contributed by atoms with E-state index in [0.717, 1.165) is 53.0 Å². The number of aromatic nitrogens is 3. The van der Waals surface area contributed by atoms with E-state index in [1.54, 1.807) is 18.5 Å². The summed E-state index contributed by atoms with van der Waals surface area (Å²) in [6, 6.07) is 12.3. The standard InChI is InChI=1S/C28H30N6O/c1-19-6-7-22(15-23(19)16-29)28-27(21-10-12-30-13-11-21)25-17-33(26(35)5-4-14-32(2)3)24(20-8-9-20)18-34(25)31-28/h4-7,10-13,15,20,24H,8-9,14,17-18H2,1-3H3/b5-4+/t24-/m1/s1. The topological polar surface area (TPSA) is 78.1 Å². The van der Waals surface area contributed by atoms with Crippen molar-refractivity contribution in [1.82, 2.24) is 24.6 Å². The number of likely N-dealkylation sites (N-methyl/N-ethyl adjacent to an activating group) is 1. The van der Waals surface area contributed by atoms with Crippen LogP contribution >= 0.6 is 0 Å². The second-order valence-electron chi connectivity index (χ2n) is 9.77. The minimum absolute atomic E-state index is 0.0560. The summed E-state index contributed by atoms with van der Waals surface area (Å²) < 4.78 is 2.09. The van der Waals surface area contributed by atoms with E-state index in [1.165, 1.54) is 0 Å². The van der Waals surface area contributed by atoms with Crippen molar-refractivity contribution < 1.29 is 4.79 Å². The third-order valence-corrected chi connectivity index (χ3v) is 6.92. The van der Waals surface area contributed by atoms with Crippen molar-refractivity contribution in [2.75, 3.05) is 20.6 Å². The quantitative estimate of drug-likeness (QED) is 0.513. The number of benzene rings is 1. The fourth-order valence-corrected chi connectivity index (χ4v) is 4.86. The first-order valence-corrected chi connectivity index (χ1v) is 12.1. The van der Waals surface area contributed by atoms with E-state index in [-0.39, 0.29) is 11.9 Å². The van der Waals surface area contributed by atoms with E-state index >= 15 is 0 Å². The lowest BCUT2D eigenvalue weighted by atomic mass is 9.96. The summed E-state index contributed by atoms with van der Waals surface area (Å²) in [5.41, 5.74) is 6.38. The molecular weight excluding hydrogens is 436 g/mol. The van der Waals surface area contributed by atoms with Gasteiger partial charge in [-0.1, -0.05) is 18.2 Å². The third-order valence-electron chi connectivity index (χ3n) is 6.92. The molecule has 178 valence electrons. The Balaban J connectivity index is 1.60. The molecule has 1 atom stereocenters. The van der Waals surface area contributed by atoms with Crippen molar-refractivity contribution in [3.05, 3.63) is 71.7 Å². The van der Waals surface area contributed by atoms with E-state index in [0.29, 0.717) is 24.6 Å². The highest BCUT2D eigenvalue weighted by atomic mass is 16.2. The van der Waals surface area contributed by atoms with Gasteiger partial charge in [-0.25, -0.2) is 0 Å². The molecule has 35 heavy (non-hydrogen) atoms. The number of nitrogens with zero attached hydrogens (tertiary/aromatic N) is 6. The number of nitriles is 1. The number of hydrogen-bond donors (Lipinski definition) is 0. The Morgan fingerprint density at radius 2 is 1.97 bits per heavy atom. The highest BCUT2D eigenvalue weighted by Gasteiger charge is 2.41. The van der Waals surface area contributed by atoms with Crippen molar-refractivity contribution in [3.8, 4) is 28.5 Å². The Bertz CT molecular complexity index is 1310. The molecule has 3 aromatic rings. The minimum Gasteiger partial charge on any atom is -0.328 e. The lowest BCUT2D eigenvalue weighted by Crippen LogP contribution is -2.47. The van der Waals surface area contributed by atoms with Crippen LogP contribution in [0.4, 0.5) is 0 Å². The van der Waals surface area contributed by atoms with Gasteiger partial charge >= 0.3 is 0 Å². The van der Waals surface area contributed by atoms with E-state index in [2.05, 4.69) is 15.7 Å². The van der Waals surface area contributed by atoms with Gasteiger partial charge in [-0.15, -0.1) is 0 Å². The maximum Gasteiger partial charge on any atom is 0.246 e. The molecule has 2 aliphatic rings. The number of aryl methyl sites for hydroxylation is 1. The molecule has 1 aliphatic heterocycles. The van der Waals surface area contributed by atoms with Gasteiger partial charge in [-0.05, 0) is 69.1 Å². The van der Waals surface area contributed by atoms with Gasteiger partial charge < -0.3 is 9.80 Å².